The lowest BCUT2D eigenvalue weighted by Crippen LogP contribution is -2.36. The Kier molecular flexibility index (Phi) is 4.34. The van der Waals surface area contributed by atoms with Crippen LogP contribution in [0, 0.1) is 6.92 Å². The Morgan fingerprint density at radius 3 is 2.37 bits per heavy atom. The quantitative estimate of drug-likeness (QED) is 0.896. The zero-order valence-electron chi connectivity index (χ0n) is 12.1. The summed E-state index contributed by atoms with van der Waals surface area (Å²) >= 11 is 0. The molecule has 0 bridgehead atoms. The van der Waals surface area contributed by atoms with Crippen LogP contribution in [-0.2, 0) is 10.3 Å². The molecule has 1 aromatic heterocycles. The number of aliphatic carboxylic acids is 1. The summed E-state index contributed by atoms with van der Waals surface area (Å²) in [5, 5.41) is 13.0. The van der Waals surface area contributed by atoms with Crippen LogP contribution in [0.25, 0.3) is 0 Å². The Bertz CT molecular complexity index is 486. The number of rotatable bonds is 4. The van der Waals surface area contributed by atoms with Crippen molar-refractivity contribution in [2.24, 2.45) is 0 Å². The van der Waals surface area contributed by atoms with E-state index in [1.54, 1.807) is 11.6 Å². The predicted molar refractivity (Wildman–Crippen MR) is 71.2 cm³/mol. The zero-order chi connectivity index (χ0) is 14.8. The number of hydrogen-bond donors (Lipinski definition) is 1. The van der Waals surface area contributed by atoms with Crippen molar-refractivity contribution >= 4 is 11.9 Å². The molecule has 1 aromatic rings. The summed E-state index contributed by atoms with van der Waals surface area (Å²) in [5.74, 6) is -1.31. The number of amides is 1. The number of hydrogen-bond acceptors (Lipinski definition) is 3. The Morgan fingerprint density at radius 1 is 1.42 bits per heavy atom. The highest BCUT2D eigenvalue weighted by Gasteiger charge is 2.24. The van der Waals surface area contributed by atoms with Crippen molar-refractivity contribution in [2.45, 2.75) is 40.2 Å². The van der Waals surface area contributed by atoms with E-state index in [1.165, 1.54) is 11.1 Å². The van der Waals surface area contributed by atoms with Gasteiger partial charge in [-0.25, -0.2) is 0 Å². The van der Waals surface area contributed by atoms with Gasteiger partial charge in [-0.3, -0.25) is 14.3 Å². The number of carbonyl (C=O) groups excluding carboxylic acids is 1. The summed E-state index contributed by atoms with van der Waals surface area (Å²) in [6.07, 6.45) is 1.51. The van der Waals surface area contributed by atoms with Crippen LogP contribution in [0.15, 0.2) is 6.20 Å². The van der Waals surface area contributed by atoms with Crippen molar-refractivity contribution in [3.8, 4) is 0 Å². The maximum Gasteiger partial charge on any atom is 0.323 e. The molecule has 6 nitrogen and oxygen atoms in total. The molecule has 0 aliphatic rings. The topological polar surface area (TPSA) is 75.4 Å². The van der Waals surface area contributed by atoms with Crippen LogP contribution < -0.4 is 0 Å². The van der Waals surface area contributed by atoms with Crippen LogP contribution in [0.2, 0.25) is 0 Å². The molecule has 0 aliphatic heterocycles. The van der Waals surface area contributed by atoms with Gasteiger partial charge in [0.25, 0.3) is 5.91 Å². The smallest absolute Gasteiger partial charge is 0.323 e. The second kappa shape index (κ2) is 5.42. The maximum absolute atomic E-state index is 12.3. The van der Waals surface area contributed by atoms with E-state index in [4.69, 9.17) is 5.11 Å². The average molecular weight is 267 g/mol. The van der Waals surface area contributed by atoms with Crippen molar-refractivity contribution < 1.29 is 14.7 Å². The Balaban J connectivity index is 3.07. The highest BCUT2D eigenvalue weighted by Crippen LogP contribution is 2.19. The summed E-state index contributed by atoms with van der Waals surface area (Å²) in [5.41, 5.74) is 0.992. The number of nitrogens with zero attached hydrogens (tertiary/aromatic N) is 3. The molecule has 19 heavy (non-hydrogen) atoms. The summed E-state index contributed by atoms with van der Waals surface area (Å²) in [4.78, 5) is 24.3. The van der Waals surface area contributed by atoms with Gasteiger partial charge >= 0.3 is 5.97 Å². The van der Waals surface area contributed by atoms with E-state index in [9.17, 15) is 9.59 Å². The molecule has 0 atom stereocenters. The largest absolute Gasteiger partial charge is 0.480 e. The van der Waals surface area contributed by atoms with Gasteiger partial charge in [0.05, 0.1) is 17.3 Å². The molecule has 0 saturated carbocycles. The normalized spacial score (nSPS) is 11.4. The molecule has 0 aliphatic carbocycles. The van der Waals surface area contributed by atoms with E-state index in [0.717, 1.165) is 5.69 Å². The van der Waals surface area contributed by atoms with Gasteiger partial charge in [0.1, 0.15) is 6.54 Å². The summed E-state index contributed by atoms with van der Waals surface area (Å²) in [6, 6.07) is 0. The first-order valence-electron chi connectivity index (χ1n) is 6.24. The zero-order valence-corrected chi connectivity index (χ0v) is 12.1. The number of aromatic nitrogens is 2. The molecule has 0 aromatic carbocycles. The molecular formula is C13H21N3O3. The third-order valence-electron chi connectivity index (χ3n) is 2.87. The van der Waals surface area contributed by atoms with Crippen molar-refractivity contribution in [1.82, 2.24) is 14.7 Å². The second-order valence-corrected chi connectivity index (χ2v) is 5.44. The summed E-state index contributed by atoms with van der Waals surface area (Å²) < 4.78 is 1.77. The van der Waals surface area contributed by atoms with Crippen LogP contribution in [0.1, 0.15) is 43.7 Å². The van der Waals surface area contributed by atoms with Gasteiger partial charge in [-0.2, -0.15) is 5.10 Å². The summed E-state index contributed by atoms with van der Waals surface area (Å²) in [7, 11) is 0. The Labute approximate surface area is 113 Å². The van der Waals surface area contributed by atoms with E-state index in [0.29, 0.717) is 12.1 Å². The molecule has 1 N–H and O–H groups in total. The fourth-order valence-electron chi connectivity index (χ4n) is 1.96. The van der Waals surface area contributed by atoms with E-state index in [2.05, 4.69) is 5.10 Å². The Hall–Kier alpha value is -1.85. The van der Waals surface area contributed by atoms with Crippen LogP contribution in [0.5, 0.6) is 0 Å². The minimum absolute atomic E-state index is 0.216. The van der Waals surface area contributed by atoms with Crippen molar-refractivity contribution in [3.63, 3.8) is 0 Å². The molecule has 0 spiro atoms. The lowest BCUT2D eigenvalue weighted by atomic mass is 10.1. The molecule has 1 heterocycles. The van der Waals surface area contributed by atoms with Crippen molar-refractivity contribution in [1.29, 1.82) is 0 Å². The van der Waals surface area contributed by atoms with Gasteiger partial charge in [0.15, 0.2) is 0 Å². The molecule has 6 heteroatoms. The van der Waals surface area contributed by atoms with Crippen molar-refractivity contribution in [2.75, 3.05) is 13.1 Å². The maximum atomic E-state index is 12.3. The van der Waals surface area contributed by atoms with Crippen LogP contribution in [0.3, 0.4) is 0 Å². The summed E-state index contributed by atoms with van der Waals surface area (Å²) in [6.45, 7) is 9.62. The monoisotopic (exact) mass is 267 g/mol. The van der Waals surface area contributed by atoms with Crippen LogP contribution in [-0.4, -0.2) is 44.8 Å². The van der Waals surface area contributed by atoms with E-state index in [-0.39, 0.29) is 18.0 Å². The van der Waals surface area contributed by atoms with Crippen LogP contribution in [0.4, 0.5) is 0 Å². The first kappa shape index (κ1) is 15.2. The van der Waals surface area contributed by atoms with Crippen molar-refractivity contribution in [3.05, 3.63) is 17.5 Å². The molecule has 106 valence electrons. The first-order chi connectivity index (χ1) is 8.68. The number of carboxylic acids is 1. The van der Waals surface area contributed by atoms with Gasteiger partial charge in [-0.05, 0) is 34.6 Å². The minimum Gasteiger partial charge on any atom is -0.480 e. The first-order valence-corrected chi connectivity index (χ1v) is 6.24. The van der Waals surface area contributed by atoms with Gasteiger partial charge < -0.3 is 10.0 Å². The van der Waals surface area contributed by atoms with E-state index < -0.39 is 5.97 Å². The molecule has 0 fully saturated rings. The second-order valence-electron chi connectivity index (χ2n) is 5.44. The lowest BCUT2D eigenvalue weighted by Gasteiger charge is -2.22. The minimum atomic E-state index is -1.02. The van der Waals surface area contributed by atoms with Gasteiger partial charge in [-0.15, -0.1) is 0 Å². The highest BCUT2D eigenvalue weighted by molar-refractivity contribution is 5.96. The van der Waals surface area contributed by atoms with Gasteiger partial charge in [-0.1, -0.05) is 0 Å². The predicted octanol–water partition coefficient (Wildman–Crippen LogP) is 1.49. The molecule has 0 saturated heterocycles. The van der Waals surface area contributed by atoms with E-state index >= 15 is 0 Å². The standard InChI is InChI=1S/C13H21N3O3/c1-6-15(8-11(17)18)12(19)10-7-14-16(9(10)2)13(3,4)5/h7H,6,8H2,1-5H3,(H,17,18). The number of likely N-dealkylation sites (N-methyl/N-ethyl adjacent to an activating group) is 1. The van der Waals surface area contributed by atoms with Gasteiger partial charge in [0.2, 0.25) is 0 Å². The molecule has 1 rings (SSSR count). The Morgan fingerprint density at radius 2 is 2.00 bits per heavy atom. The molecule has 1 amide bonds. The van der Waals surface area contributed by atoms with E-state index in [1.807, 2.05) is 27.7 Å². The van der Waals surface area contributed by atoms with Gasteiger partial charge in [0, 0.05) is 12.2 Å². The molecule has 0 radical (unpaired) electrons. The number of carboxylic acid groups (broad SMARTS) is 1. The van der Waals surface area contributed by atoms with Crippen LogP contribution >= 0.6 is 0 Å². The lowest BCUT2D eigenvalue weighted by molar-refractivity contribution is -0.137. The number of carbonyl (C=O) groups is 2. The molecular weight excluding hydrogens is 246 g/mol. The third-order valence-corrected chi connectivity index (χ3v) is 2.87. The molecule has 0 unspecified atom stereocenters. The SMILES string of the molecule is CCN(CC(=O)O)C(=O)c1cnn(C(C)(C)C)c1C. The average Bonchev–Trinajstić information content (AvgIpc) is 2.66. The highest BCUT2D eigenvalue weighted by atomic mass is 16.4. The fraction of sp³-hybridized carbons (Fsp3) is 0.615. The third kappa shape index (κ3) is 3.33. The fourth-order valence-corrected chi connectivity index (χ4v) is 1.96.